The topological polar surface area (TPSA) is 88.0 Å². The molecule has 20 heavy (non-hydrogen) atoms. The lowest BCUT2D eigenvalue weighted by molar-refractivity contribution is 0.0951. The molecule has 0 aliphatic heterocycles. The van der Waals surface area contributed by atoms with Gasteiger partial charge in [-0.3, -0.25) is 9.59 Å². The van der Waals surface area contributed by atoms with E-state index in [1.54, 1.807) is 0 Å². The Labute approximate surface area is 116 Å². The van der Waals surface area contributed by atoms with Gasteiger partial charge in [0.05, 0.1) is 0 Å². The Hall–Kier alpha value is -2.40. The van der Waals surface area contributed by atoms with Gasteiger partial charge >= 0.3 is 0 Å². The summed E-state index contributed by atoms with van der Waals surface area (Å²) in [6.45, 7) is 0.420. The summed E-state index contributed by atoms with van der Waals surface area (Å²) >= 11 is 0. The number of rotatable bonds is 5. The Balaban J connectivity index is 1.86. The van der Waals surface area contributed by atoms with Gasteiger partial charge in [-0.25, -0.2) is 0 Å². The van der Waals surface area contributed by atoms with E-state index in [-0.39, 0.29) is 22.9 Å². The predicted molar refractivity (Wildman–Crippen MR) is 77.4 cm³/mol. The molecule has 0 bridgehead atoms. The quantitative estimate of drug-likeness (QED) is 0.763. The van der Waals surface area contributed by atoms with Crippen molar-refractivity contribution in [3.05, 3.63) is 70.1 Å². The molecule has 0 radical (unpaired) electrons. The van der Waals surface area contributed by atoms with Crippen molar-refractivity contribution in [3.63, 3.8) is 0 Å². The average Bonchev–Trinajstić information content (AvgIpc) is 2.48. The van der Waals surface area contributed by atoms with Crippen molar-refractivity contribution < 1.29 is 4.79 Å². The minimum absolute atomic E-state index is 0.112. The molecule has 0 aliphatic rings. The van der Waals surface area contributed by atoms with Crippen LogP contribution in [0.25, 0.3) is 0 Å². The molecule has 5 nitrogen and oxygen atoms in total. The van der Waals surface area contributed by atoms with E-state index in [0.29, 0.717) is 13.0 Å². The predicted octanol–water partition coefficient (Wildman–Crippen LogP) is 1.19. The van der Waals surface area contributed by atoms with E-state index in [0.717, 1.165) is 5.56 Å². The first-order valence-electron chi connectivity index (χ1n) is 6.44. The van der Waals surface area contributed by atoms with Crippen molar-refractivity contribution in [2.45, 2.75) is 12.5 Å². The number of hydrogen-bond donors (Lipinski definition) is 3. The molecule has 5 heteroatoms. The van der Waals surface area contributed by atoms with Crippen LogP contribution in [0, 0.1) is 0 Å². The van der Waals surface area contributed by atoms with Gasteiger partial charge in [0.2, 0.25) is 0 Å². The van der Waals surface area contributed by atoms with Crippen LogP contribution in [0.15, 0.2) is 53.6 Å². The van der Waals surface area contributed by atoms with Crippen molar-refractivity contribution in [1.29, 1.82) is 0 Å². The molecule has 2 rings (SSSR count). The van der Waals surface area contributed by atoms with Gasteiger partial charge in [0.1, 0.15) is 5.56 Å². The zero-order valence-corrected chi connectivity index (χ0v) is 11.0. The standard InChI is InChI=1S/C15H17N3O2/c16-13(11-4-2-1-3-5-11)6-9-18-15(20)12-10-17-8-7-14(12)19/h1-5,7-8,10,13H,6,9,16H2,(H,17,19)(H,18,20). The van der Waals surface area contributed by atoms with E-state index < -0.39 is 0 Å². The fraction of sp³-hybridized carbons (Fsp3) is 0.200. The third kappa shape index (κ3) is 3.55. The zero-order valence-electron chi connectivity index (χ0n) is 11.0. The molecule has 0 fully saturated rings. The molecule has 4 N–H and O–H groups in total. The molecule has 1 aromatic carbocycles. The molecule has 0 saturated carbocycles. The van der Waals surface area contributed by atoms with E-state index in [2.05, 4.69) is 10.3 Å². The number of aromatic nitrogens is 1. The second-order valence-corrected chi connectivity index (χ2v) is 4.48. The van der Waals surface area contributed by atoms with Gasteiger partial charge in [-0.05, 0) is 12.0 Å². The summed E-state index contributed by atoms with van der Waals surface area (Å²) in [5, 5.41) is 2.70. The number of carbonyl (C=O) groups excluding carboxylic acids is 1. The Kier molecular flexibility index (Phi) is 4.68. The number of pyridine rings is 1. The molecule has 1 atom stereocenters. The maximum atomic E-state index is 11.8. The third-order valence-electron chi connectivity index (χ3n) is 3.04. The van der Waals surface area contributed by atoms with Crippen LogP contribution >= 0.6 is 0 Å². The van der Waals surface area contributed by atoms with Crippen molar-refractivity contribution in [2.24, 2.45) is 5.73 Å². The lowest BCUT2D eigenvalue weighted by Gasteiger charge is -2.12. The fourth-order valence-electron chi connectivity index (χ4n) is 1.90. The molecule has 0 spiro atoms. The van der Waals surface area contributed by atoms with Crippen molar-refractivity contribution >= 4 is 5.91 Å². The van der Waals surface area contributed by atoms with Gasteiger partial charge in [0.25, 0.3) is 5.91 Å². The van der Waals surface area contributed by atoms with Crippen LogP contribution in [-0.2, 0) is 0 Å². The highest BCUT2D eigenvalue weighted by atomic mass is 16.2. The smallest absolute Gasteiger partial charge is 0.256 e. The van der Waals surface area contributed by atoms with Gasteiger partial charge < -0.3 is 16.0 Å². The third-order valence-corrected chi connectivity index (χ3v) is 3.04. The Morgan fingerprint density at radius 2 is 2.00 bits per heavy atom. The highest BCUT2D eigenvalue weighted by Gasteiger charge is 2.10. The van der Waals surface area contributed by atoms with Gasteiger partial charge in [0.15, 0.2) is 5.43 Å². The maximum absolute atomic E-state index is 11.8. The summed E-state index contributed by atoms with van der Waals surface area (Å²) in [5.41, 5.74) is 6.87. The Morgan fingerprint density at radius 3 is 2.70 bits per heavy atom. The first-order chi connectivity index (χ1) is 9.68. The number of carbonyl (C=O) groups is 1. The molecule has 1 aromatic heterocycles. The van der Waals surface area contributed by atoms with E-state index in [4.69, 9.17) is 5.73 Å². The summed E-state index contributed by atoms with van der Waals surface area (Å²) in [6, 6.07) is 10.9. The summed E-state index contributed by atoms with van der Waals surface area (Å²) < 4.78 is 0. The molecular formula is C15H17N3O2. The van der Waals surface area contributed by atoms with Gasteiger partial charge in [0, 0.05) is 31.0 Å². The van der Waals surface area contributed by atoms with Crippen molar-refractivity contribution in [3.8, 4) is 0 Å². The molecular weight excluding hydrogens is 254 g/mol. The molecule has 104 valence electrons. The summed E-state index contributed by atoms with van der Waals surface area (Å²) in [6.07, 6.45) is 3.50. The number of aromatic amines is 1. The van der Waals surface area contributed by atoms with Crippen molar-refractivity contribution in [1.82, 2.24) is 10.3 Å². The number of H-pyrrole nitrogens is 1. The van der Waals surface area contributed by atoms with E-state index in [9.17, 15) is 9.59 Å². The van der Waals surface area contributed by atoms with Crippen LogP contribution in [-0.4, -0.2) is 17.4 Å². The van der Waals surface area contributed by atoms with E-state index in [1.165, 1.54) is 18.5 Å². The highest BCUT2D eigenvalue weighted by molar-refractivity contribution is 5.93. The summed E-state index contributed by atoms with van der Waals surface area (Å²) in [4.78, 5) is 26.0. The Bertz CT molecular complexity index is 622. The van der Waals surface area contributed by atoms with Crippen LogP contribution in [0.2, 0.25) is 0 Å². The second-order valence-electron chi connectivity index (χ2n) is 4.48. The number of hydrogen-bond acceptors (Lipinski definition) is 3. The minimum Gasteiger partial charge on any atom is -0.367 e. The summed E-state index contributed by atoms with van der Waals surface area (Å²) in [7, 11) is 0. The SMILES string of the molecule is NC(CCNC(=O)c1c[nH]ccc1=O)c1ccccc1. The fourth-order valence-corrected chi connectivity index (χ4v) is 1.90. The molecule has 1 heterocycles. The van der Waals surface area contributed by atoms with Crippen molar-refractivity contribution in [2.75, 3.05) is 6.54 Å². The molecule has 0 aliphatic carbocycles. The van der Waals surface area contributed by atoms with Crippen LogP contribution in [0.3, 0.4) is 0 Å². The van der Waals surface area contributed by atoms with Crippen LogP contribution in [0.4, 0.5) is 0 Å². The molecule has 2 aromatic rings. The first-order valence-corrected chi connectivity index (χ1v) is 6.44. The van der Waals surface area contributed by atoms with Gasteiger partial charge in [-0.15, -0.1) is 0 Å². The lowest BCUT2D eigenvalue weighted by Crippen LogP contribution is -2.30. The minimum atomic E-state index is -0.382. The zero-order chi connectivity index (χ0) is 14.4. The highest BCUT2D eigenvalue weighted by Crippen LogP contribution is 2.12. The monoisotopic (exact) mass is 271 g/mol. The van der Waals surface area contributed by atoms with E-state index >= 15 is 0 Å². The van der Waals surface area contributed by atoms with Gasteiger partial charge in [-0.1, -0.05) is 30.3 Å². The van der Waals surface area contributed by atoms with Crippen LogP contribution in [0.1, 0.15) is 28.4 Å². The van der Waals surface area contributed by atoms with E-state index in [1.807, 2.05) is 30.3 Å². The second kappa shape index (κ2) is 6.68. The average molecular weight is 271 g/mol. The lowest BCUT2D eigenvalue weighted by atomic mass is 10.1. The largest absolute Gasteiger partial charge is 0.367 e. The van der Waals surface area contributed by atoms with Crippen LogP contribution < -0.4 is 16.5 Å². The first kappa shape index (κ1) is 14.0. The number of nitrogens with one attached hydrogen (secondary N) is 2. The van der Waals surface area contributed by atoms with Crippen LogP contribution in [0.5, 0.6) is 0 Å². The molecule has 0 saturated heterocycles. The van der Waals surface area contributed by atoms with Gasteiger partial charge in [-0.2, -0.15) is 0 Å². The molecule has 1 amide bonds. The number of nitrogens with two attached hydrogens (primary N) is 1. The maximum Gasteiger partial charge on any atom is 0.256 e. The molecule has 1 unspecified atom stereocenters. The number of benzene rings is 1. The normalized spacial score (nSPS) is 11.8. The Morgan fingerprint density at radius 1 is 1.25 bits per heavy atom. The number of amides is 1. The summed E-state index contributed by atoms with van der Waals surface area (Å²) in [5.74, 6) is -0.382.